The van der Waals surface area contributed by atoms with Crippen molar-refractivity contribution in [1.29, 1.82) is 0 Å². The van der Waals surface area contributed by atoms with E-state index in [9.17, 15) is 4.79 Å². The molecule has 108 valence electrons. The Bertz CT molecular complexity index is 594. The Labute approximate surface area is 125 Å². The molecule has 21 heavy (non-hydrogen) atoms. The van der Waals surface area contributed by atoms with Crippen molar-refractivity contribution in [3.05, 3.63) is 35.4 Å². The van der Waals surface area contributed by atoms with E-state index in [4.69, 9.17) is 5.11 Å². The second-order valence-corrected chi connectivity index (χ2v) is 7.33. The van der Waals surface area contributed by atoms with E-state index in [1.807, 2.05) is 12.1 Å². The van der Waals surface area contributed by atoms with Gasteiger partial charge in [-0.15, -0.1) is 0 Å². The molecule has 0 spiro atoms. The molecule has 0 atom stereocenters. The molecule has 0 unspecified atom stereocenters. The summed E-state index contributed by atoms with van der Waals surface area (Å²) in [4.78, 5) is 10.5. The minimum atomic E-state index is -1.07. The lowest BCUT2D eigenvalue weighted by Gasteiger charge is -2.57. The van der Waals surface area contributed by atoms with Gasteiger partial charge in [-0.1, -0.05) is 18.1 Å². The largest absolute Gasteiger partial charge is 0.472 e. The number of carbonyl (C=O) groups is 1. The first kappa shape index (κ1) is 13.0. The van der Waals surface area contributed by atoms with Gasteiger partial charge >= 0.3 is 5.97 Å². The van der Waals surface area contributed by atoms with Gasteiger partial charge in [0.05, 0.1) is 0 Å². The average molecular weight is 280 g/mol. The predicted molar refractivity (Wildman–Crippen MR) is 80.8 cm³/mol. The number of benzene rings is 1. The summed E-state index contributed by atoms with van der Waals surface area (Å²) in [5.74, 6) is 6.65. The van der Waals surface area contributed by atoms with Crippen LogP contribution in [-0.4, -0.2) is 11.1 Å². The topological polar surface area (TPSA) is 37.3 Å². The average Bonchev–Trinajstić information content (AvgIpc) is 2.44. The van der Waals surface area contributed by atoms with Crippen molar-refractivity contribution in [2.75, 3.05) is 0 Å². The first-order valence-corrected chi connectivity index (χ1v) is 7.98. The number of aliphatic carboxylic acids is 1. The van der Waals surface area contributed by atoms with Crippen LogP contribution in [0.15, 0.2) is 24.3 Å². The zero-order valence-corrected chi connectivity index (χ0v) is 12.1. The van der Waals surface area contributed by atoms with Crippen molar-refractivity contribution in [2.45, 2.75) is 43.9 Å². The predicted octanol–water partition coefficient (Wildman–Crippen LogP) is 3.59. The lowest BCUT2D eigenvalue weighted by molar-refractivity contribution is -0.130. The first-order valence-electron chi connectivity index (χ1n) is 7.98. The Morgan fingerprint density at radius 3 is 2.00 bits per heavy atom. The van der Waals surface area contributed by atoms with Gasteiger partial charge in [-0.2, -0.15) is 0 Å². The molecule has 2 nitrogen and oxygen atoms in total. The third-order valence-corrected chi connectivity index (χ3v) is 5.85. The molecule has 1 N–H and O–H groups in total. The first-order chi connectivity index (χ1) is 10.1. The summed E-state index contributed by atoms with van der Waals surface area (Å²) < 4.78 is 0. The van der Waals surface area contributed by atoms with Crippen molar-refractivity contribution in [2.24, 2.45) is 17.8 Å². The number of rotatable bonds is 1. The number of hydrogen-bond donors (Lipinski definition) is 1. The molecule has 0 saturated heterocycles. The maximum absolute atomic E-state index is 10.5. The molecule has 4 saturated carbocycles. The smallest absolute Gasteiger partial charge is 0.382 e. The van der Waals surface area contributed by atoms with Gasteiger partial charge in [0.25, 0.3) is 0 Å². The van der Waals surface area contributed by atoms with Crippen molar-refractivity contribution >= 4 is 5.97 Å². The number of carboxylic acids is 1. The normalized spacial score (nSPS) is 36.1. The summed E-state index contributed by atoms with van der Waals surface area (Å²) in [5.41, 5.74) is 2.67. The molecular weight excluding hydrogens is 260 g/mol. The third-order valence-electron chi connectivity index (χ3n) is 5.85. The molecule has 1 aromatic carbocycles. The van der Waals surface area contributed by atoms with Crippen LogP contribution in [0.25, 0.3) is 0 Å². The van der Waals surface area contributed by atoms with Crippen LogP contribution in [0.2, 0.25) is 0 Å². The molecule has 4 aliphatic carbocycles. The van der Waals surface area contributed by atoms with Crippen LogP contribution in [0.3, 0.4) is 0 Å². The van der Waals surface area contributed by atoms with Crippen LogP contribution in [-0.2, 0) is 10.2 Å². The molecule has 5 rings (SSSR count). The van der Waals surface area contributed by atoms with Crippen molar-refractivity contribution < 1.29 is 9.90 Å². The van der Waals surface area contributed by atoms with E-state index in [0.29, 0.717) is 5.41 Å². The Morgan fingerprint density at radius 1 is 1.00 bits per heavy atom. The van der Waals surface area contributed by atoms with Gasteiger partial charge in [0, 0.05) is 11.5 Å². The minimum Gasteiger partial charge on any atom is -0.472 e. The van der Waals surface area contributed by atoms with Gasteiger partial charge in [0.1, 0.15) is 0 Å². The Balaban J connectivity index is 1.62. The highest BCUT2D eigenvalue weighted by Crippen LogP contribution is 2.60. The zero-order valence-electron chi connectivity index (χ0n) is 12.1. The van der Waals surface area contributed by atoms with Crippen molar-refractivity contribution in [3.63, 3.8) is 0 Å². The van der Waals surface area contributed by atoms with Crippen LogP contribution in [0.5, 0.6) is 0 Å². The van der Waals surface area contributed by atoms with E-state index >= 15 is 0 Å². The van der Waals surface area contributed by atoms with Crippen LogP contribution < -0.4 is 0 Å². The zero-order chi connectivity index (χ0) is 14.4. The van der Waals surface area contributed by atoms with Crippen LogP contribution in [0.4, 0.5) is 0 Å². The van der Waals surface area contributed by atoms with E-state index in [2.05, 4.69) is 24.0 Å². The van der Waals surface area contributed by atoms with E-state index < -0.39 is 5.97 Å². The highest BCUT2D eigenvalue weighted by Gasteiger charge is 2.51. The van der Waals surface area contributed by atoms with Crippen LogP contribution >= 0.6 is 0 Å². The molecule has 1 aromatic rings. The summed E-state index contributed by atoms with van der Waals surface area (Å²) >= 11 is 0. The Kier molecular flexibility index (Phi) is 2.85. The van der Waals surface area contributed by atoms with Crippen molar-refractivity contribution in [3.8, 4) is 11.8 Å². The summed E-state index contributed by atoms with van der Waals surface area (Å²) in [6.45, 7) is 0. The molecule has 0 heterocycles. The van der Waals surface area contributed by atoms with E-state index in [1.165, 1.54) is 44.1 Å². The molecule has 0 amide bonds. The van der Waals surface area contributed by atoms with Gasteiger partial charge < -0.3 is 5.11 Å². The molecule has 4 aliphatic rings. The fourth-order valence-electron chi connectivity index (χ4n) is 5.50. The lowest BCUT2D eigenvalue weighted by Crippen LogP contribution is -2.48. The molecule has 0 aliphatic heterocycles. The van der Waals surface area contributed by atoms with Gasteiger partial charge in [-0.25, -0.2) is 4.79 Å². The van der Waals surface area contributed by atoms with Crippen LogP contribution in [0.1, 0.15) is 49.7 Å². The number of carboxylic acid groups (broad SMARTS) is 1. The van der Waals surface area contributed by atoms with E-state index in [0.717, 1.165) is 23.3 Å². The van der Waals surface area contributed by atoms with Gasteiger partial charge in [-0.05, 0) is 79.4 Å². The quantitative estimate of drug-likeness (QED) is 0.798. The van der Waals surface area contributed by atoms with Gasteiger partial charge in [0.2, 0.25) is 0 Å². The summed E-state index contributed by atoms with van der Waals surface area (Å²) in [5, 5.41) is 8.61. The summed E-state index contributed by atoms with van der Waals surface area (Å²) in [6, 6.07) is 8.37. The fraction of sp³-hybridized carbons (Fsp3) is 0.526. The van der Waals surface area contributed by atoms with E-state index in [-0.39, 0.29) is 0 Å². The highest BCUT2D eigenvalue weighted by molar-refractivity contribution is 5.87. The van der Waals surface area contributed by atoms with E-state index in [1.54, 1.807) is 0 Å². The summed E-state index contributed by atoms with van der Waals surface area (Å²) in [7, 11) is 0. The molecular formula is C19H20O2. The van der Waals surface area contributed by atoms with Gasteiger partial charge in [-0.3, -0.25) is 0 Å². The Hall–Kier alpha value is -1.75. The number of hydrogen-bond acceptors (Lipinski definition) is 1. The minimum absolute atomic E-state index is 0.410. The molecule has 2 heteroatoms. The third kappa shape index (κ3) is 2.25. The molecule has 4 bridgehead atoms. The molecule has 0 radical (unpaired) electrons. The van der Waals surface area contributed by atoms with Crippen LogP contribution in [0, 0.1) is 29.6 Å². The monoisotopic (exact) mass is 280 g/mol. The maximum Gasteiger partial charge on any atom is 0.382 e. The fourth-order valence-corrected chi connectivity index (χ4v) is 5.50. The SMILES string of the molecule is O=C(O)C#Cc1ccc(C23CC4CC(CC(C4)C2)C3)cc1. The second-order valence-electron chi connectivity index (χ2n) is 7.33. The molecule has 4 fully saturated rings. The van der Waals surface area contributed by atoms with Gasteiger partial charge in [0.15, 0.2) is 0 Å². The van der Waals surface area contributed by atoms with Crippen molar-refractivity contribution in [1.82, 2.24) is 0 Å². The second kappa shape index (κ2) is 4.63. The highest BCUT2D eigenvalue weighted by atomic mass is 16.4. The molecule has 0 aromatic heterocycles. The summed E-state index contributed by atoms with van der Waals surface area (Å²) in [6.07, 6.45) is 8.46. The Morgan fingerprint density at radius 2 is 1.52 bits per heavy atom. The maximum atomic E-state index is 10.5. The standard InChI is InChI=1S/C19H20O2/c20-18(21)6-3-13-1-4-17(5-2-13)19-10-14-7-15(11-19)9-16(8-14)12-19/h1-2,4-5,14-16H,7-12H2,(H,20,21). The lowest BCUT2D eigenvalue weighted by atomic mass is 9.48.